The second kappa shape index (κ2) is 3.96. The quantitative estimate of drug-likeness (QED) is 0.803. The summed E-state index contributed by atoms with van der Waals surface area (Å²) < 4.78 is 37.4. The molecule has 0 aliphatic rings. The van der Waals surface area contributed by atoms with Crippen molar-refractivity contribution in [1.82, 2.24) is 4.98 Å². The summed E-state index contributed by atoms with van der Waals surface area (Å²) in [5.74, 6) is 0. The molecule has 1 aromatic rings. The van der Waals surface area contributed by atoms with Gasteiger partial charge in [0, 0.05) is 18.4 Å². The largest absolute Gasteiger partial charge is 0.416 e. The summed E-state index contributed by atoms with van der Waals surface area (Å²) >= 11 is 0. The lowest BCUT2D eigenvalue weighted by molar-refractivity contribution is -0.138. The number of halogens is 3. The smallest absolute Gasteiger partial charge is 0.324 e. The van der Waals surface area contributed by atoms with E-state index in [4.69, 9.17) is 5.73 Å². The van der Waals surface area contributed by atoms with Crippen LogP contribution >= 0.6 is 0 Å². The Balaban J connectivity index is 3.16. The van der Waals surface area contributed by atoms with Crippen molar-refractivity contribution in [3.05, 3.63) is 29.6 Å². The summed E-state index contributed by atoms with van der Waals surface area (Å²) in [5.41, 5.74) is 4.92. The minimum atomic E-state index is -4.36. The van der Waals surface area contributed by atoms with Crippen LogP contribution in [-0.4, -0.2) is 4.98 Å². The van der Waals surface area contributed by atoms with Crippen LogP contribution in [0.1, 0.15) is 30.5 Å². The van der Waals surface area contributed by atoms with E-state index in [0.717, 1.165) is 12.3 Å². The van der Waals surface area contributed by atoms with E-state index in [1.807, 2.05) is 0 Å². The third-order valence-corrected chi connectivity index (χ3v) is 2.00. The second-order valence-electron chi connectivity index (χ2n) is 2.98. The molecule has 0 unspecified atom stereocenters. The fourth-order valence-electron chi connectivity index (χ4n) is 1.18. The van der Waals surface area contributed by atoms with Gasteiger partial charge in [-0.25, -0.2) is 0 Å². The highest BCUT2D eigenvalue weighted by Crippen LogP contribution is 2.33. The van der Waals surface area contributed by atoms with Gasteiger partial charge in [-0.1, -0.05) is 6.92 Å². The van der Waals surface area contributed by atoms with Gasteiger partial charge in [0.25, 0.3) is 0 Å². The molecule has 0 aromatic carbocycles. The normalized spacial score (nSPS) is 14.1. The number of pyridine rings is 1. The minimum Gasteiger partial charge on any atom is -0.324 e. The van der Waals surface area contributed by atoms with Crippen LogP contribution in [0.3, 0.4) is 0 Å². The molecule has 14 heavy (non-hydrogen) atoms. The Labute approximate surface area is 79.9 Å². The molecule has 0 aliphatic heterocycles. The lowest BCUT2D eigenvalue weighted by atomic mass is 10.0. The van der Waals surface area contributed by atoms with Crippen molar-refractivity contribution >= 4 is 0 Å². The van der Waals surface area contributed by atoms with E-state index in [2.05, 4.69) is 4.98 Å². The maximum atomic E-state index is 12.5. The van der Waals surface area contributed by atoms with Gasteiger partial charge in [0.1, 0.15) is 0 Å². The van der Waals surface area contributed by atoms with Crippen LogP contribution in [0, 0.1) is 0 Å². The molecule has 0 radical (unpaired) electrons. The Morgan fingerprint density at radius 3 is 2.64 bits per heavy atom. The molecule has 5 heteroatoms. The van der Waals surface area contributed by atoms with E-state index in [1.165, 1.54) is 6.20 Å². The molecule has 0 bridgehead atoms. The van der Waals surface area contributed by atoms with Crippen LogP contribution < -0.4 is 5.73 Å². The molecule has 2 N–H and O–H groups in total. The SMILES string of the molecule is CC[C@H](N)c1cnccc1C(F)(F)F. The molecule has 1 aromatic heterocycles. The first-order chi connectivity index (χ1) is 6.46. The average molecular weight is 204 g/mol. The van der Waals surface area contributed by atoms with Crippen LogP contribution in [0.4, 0.5) is 13.2 Å². The Morgan fingerprint density at radius 1 is 1.50 bits per heavy atom. The molecule has 0 saturated heterocycles. The van der Waals surface area contributed by atoms with Gasteiger partial charge in [-0.05, 0) is 18.1 Å². The summed E-state index contributed by atoms with van der Waals surface area (Å²) in [5, 5.41) is 0. The molecule has 0 saturated carbocycles. The molecular weight excluding hydrogens is 193 g/mol. The number of nitrogens with zero attached hydrogens (tertiary/aromatic N) is 1. The first-order valence-electron chi connectivity index (χ1n) is 4.23. The molecule has 0 fully saturated rings. The highest BCUT2D eigenvalue weighted by molar-refractivity contribution is 5.28. The monoisotopic (exact) mass is 204 g/mol. The highest BCUT2D eigenvalue weighted by Gasteiger charge is 2.34. The predicted molar refractivity (Wildman–Crippen MR) is 46.5 cm³/mol. The maximum Gasteiger partial charge on any atom is 0.416 e. The van der Waals surface area contributed by atoms with Gasteiger partial charge in [0.2, 0.25) is 0 Å². The number of aromatic nitrogens is 1. The zero-order valence-corrected chi connectivity index (χ0v) is 7.67. The third-order valence-electron chi connectivity index (χ3n) is 2.00. The lowest BCUT2D eigenvalue weighted by Crippen LogP contribution is -2.17. The van der Waals surface area contributed by atoms with E-state index >= 15 is 0 Å². The van der Waals surface area contributed by atoms with Crippen molar-refractivity contribution < 1.29 is 13.2 Å². The van der Waals surface area contributed by atoms with Crippen molar-refractivity contribution in [2.45, 2.75) is 25.6 Å². The molecule has 78 valence electrons. The summed E-state index contributed by atoms with van der Waals surface area (Å²) in [6, 6.07) is 0.338. The summed E-state index contributed by atoms with van der Waals surface area (Å²) in [7, 11) is 0. The first-order valence-corrected chi connectivity index (χ1v) is 4.23. The molecule has 0 amide bonds. The van der Waals surface area contributed by atoms with Gasteiger partial charge in [0.05, 0.1) is 5.56 Å². The Morgan fingerprint density at radius 2 is 2.14 bits per heavy atom. The second-order valence-corrected chi connectivity index (χ2v) is 2.98. The van der Waals surface area contributed by atoms with Crippen molar-refractivity contribution in [1.29, 1.82) is 0 Å². The molecule has 2 nitrogen and oxygen atoms in total. The highest BCUT2D eigenvalue weighted by atomic mass is 19.4. The van der Waals surface area contributed by atoms with Crippen LogP contribution in [0.2, 0.25) is 0 Å². The molecule has 1 heterocycles. The predicted octanol–water partition coefficient (Wildman–Crippen LogP) is 2.51. The maximum absolute atomic E-state index is 12.5. The van der Waals surface area contributed by atoms with E-state index in [0.29, 0.717) is 6.42 Å². The number of hydrogen-bond acceptors (Lipinski definition) is 2. The standard InChI is InChI=1S/C9H11F3N2/c1-2-8(13)6-5-14-4-3-7(6)9(10,11)12/h3-5,8H,2,13H2,1H3/t8-/m0/s1. The van der Waals surface area contributed by atoms with Crippen molar-refractivity contribution in [2.75, 3.05) is 0 Å². The summed E-state index contributed by atoms with van der Waals surface area (Å²) in [4.78, 5) is 3.65. The lowest BCUT2D eigenvalue weighted by Gasteiger charge is -2.15. The Hall–Kier alpha value is -1.10. The number of rotatable bonds is 2. The fourth-order valence-corrected chi connectivity index (χ4v) is 1.18. The van der Waals surface area contributed by atoms with Crippen LogP contribution in [0.25, 0.3) is 0 Å². The van der Waals surface area contributed by atoms with E-state index in [-0.39, 0.29) is 5.56 Å². The average Bonchev–Trinajstić information content (AvgIpc) is 2.15. The van der Waals surface area contributed by atoms with Crippen molar-refractivity contribution in [2.24, 2.45) is 5.73 Å². The molecule has 0 aliphatic carbocycles. The Kier molecular flexibility index (Phi) is 3.10. The van der Waals surface area contributed by atoms with Gasteiger partial charge >= 0.3 is 6.18 Å². The van der Waals surface area contributed by atoms with Gasteiger partial charge in [-0.15, -0.1) is 0 Å². The first kappa shape index (κ1) is 11.0. The fraction of sp³-hybridized carbons (Fsp3) is 0.444. The Bertz CT molecular complexity index is 309. The van der Waals surface area contributed by atoms with E-state index < -0.39 is 17.8 Å². The van der Waals surface area contributed by atoms with Gasteiger partial charge in [0.15, 0.2) is 0 Å². The van der Waals surface area contributed by atoms with Crippen LogP contribution in [0.5, 0.6) is 0 Å². The van der Waals surface area contributed by atoms with Crippen LogP contribution in [0.15, 0.2) is 18.5 Å². The minimum absolute atomic E-state index is 0.0579. The number of hydrogen-bond donors (Lipinski definition) is 1. The topological polar surface area (TPSA) is 38.9 Å². The zero-order valence-electron chi connectivity index (χ0n) is 7.67. The molecule has 0 spiro atoms. The van der Waals surface area contributed by atoms with Gasteiger partial charge < -0.3 is 5.73 Å². The summed E-state index contributed by atoms with van der Waals surface area (Å²) in [6.45, 7) is 1.73. The van der Waals surface area contributed by atoms with Gasteiger partial charge in [-0.3, -0.25) is 4.98 Å². The number of nitrogens with two attached hydrogens (primary N) is 1. The summed E-state index contributed by atoms with van der Waals surface area (Å²) in [6.07, 6.45) is -1.61. The van der Waals surface area contributed by atoms with E-state index in [1.54, 1.807) is 6.92 Å². The molecule has 1 rings (SSSR count). The number of alkyl halides is 3. The van der Waals surface area contributed by atoms with Crippen molar-refractivity contribution in [3.8, 4) is 0 Å². The van der Waals surface area contributed by atoms with Crippen LogP contribution in [-0.2, 0) is 6.18 Å². The van der Waals surface area contributed by atoms with Gasteiger partial charge in [-0.2, -0.15) is 13.2 Å². The van der Waals surface area contributed by atoms with E-state index in [9.17, 15) is 13.2 Å². The molecular formula is C9H11F3N2. The van der Waals surface area contributed by atoms with Crippen molar-refractivity contribution in [3.63, 3.8) is 0 Å². The third kappa shape index (κ3) is 2.23. The zero-order chi connectivity index (χ0) is 10.8. The molecule has 1 atom stereocenters.